The fourth-order valence-electron chi connectivity index (χ4n) is 1.94. The molecule has 0 saturated heterocycles. The fourth-order valence-corrected chi connectivity index (χ4v) is 2.13. The van der Waals surface area contributed by atoms with Crippen LogP contribution < -0.4 is 5.32 Å². The molecular weight excluding hydrogens is 296 g/mol. The lowest BCUT2D eigenvalue weighted by Gasteiger charge is -2.29. The molecule has 6 nitrogen and oxygen atoms in total. The van der Waals surface area contributed by atoms with E-state index in [0.29, 0.717) is 6.54 Å². The van der Waals surface area contributed by atoms with Crippen LogP contribution in [-0.4, -0.2) is 29.1 Å². The topological polar surface area (TPSA) is 92.5 Å². The molecular formula is C14H19ClN2O4. The van der Waals surface area contributed by atoms with Crippen LogP contribution in [0.1, 0.15) is 37.0 Å². The summed E-state index contributed by atoms with van der Waals surface area (Å²) in [4.78, 5) is 22.2. The number of aliphatic hydroxyl groups is 1. The highest BCUT2D eigenvalue weighted by Gasteiger charge is 2.26. The van der Waals surface area contributed by atoms with Crippen molar-refractivity contribution in [2.45, 2.75) is 26.7 Å². The second-order valence-corrected chi connectivity index (χ2v) is 5.38. The molecule has 2 N–H and O–H groups in total. The first kappa shape index (κ1) is 17.4. The summed E-state index contributed by atoms with van der Waals surface area (Å²) in [6.07, 6.45) is 1.45. The van der Waals surface area contributed by atoms with Crippen LogP contribution in [0, 0.1) is 15.5 Å². The average Bonchev–Trinajstić information content (AvgIpc) is 2.49. The molecule has 116 valence electrons. The summed E-state index contributed by atoms with van der Waals surface area (Å²) in [5, 5.41) is 23.0. The van der Waals surface area contributed by atoms with Crippen LogP contribution in [0.2, 0.25) is 5.02 Å². The molecule has 0 bridgehead atoms. The number of carbonyl (C=O) groups is 1. The Balaban J connectivity index is 2.85. The summed E-state index contributed by atoms with van der Waals surface area (Å²) in [7, 11) is 0. The van der Waals surface area contributed by atoms with Crippen LogP contribution in [-0.2, 0) is 0 Å². The molecule has 0 aliphatic rings. The summed E-state index contributed by atoms with van der Waals surface area (Å²) in [5.41, 5.74) is -0.498. The summed E-state index contributed by atoms with van der Waals surface area (Å²) in [6, 6.07) is 3.91. The Morgan fingerprint density at radius 2 is 2.05 bits per heavy atom. The van der Waals surface area contributed by atoms with Gasteiger partial charge in [-0.25, -0.2) is 0 Å². The summed E-state index contributed by atoms with van der Waals surface area (Å²) in [5.74, 6) is -0.422. The molecule has 21 heavy (non-hydrogen) atoms. The molecule has 0 atom stereocenters. The summed E-state index contributed by atoms with van der Waals surface area (Å²) < 4.78 is 0. The van der Waals surface area contributed by atoms with Crippen LogP contribution in [0.15, 0.2) is 18.2 Å². The van der Waals surface area contributed by atoms with Gasteiger partial charge in [-0.2, -0.15) is 0 Å². The number of hydrogen-bond acceptors (Lipinski definition) is 4. The van der Waals surface area contributed by atoms with Gasteiger partial charge in [0, 0.05) is 23.6 Å². The quantitative estimate of drug-likeness (QED) is 0.598. The van der Waals surface area contributed by atoms with E-state index in [9.17, 15) is 20.0 Å². The van der Waals surface area contributed by atoms with Gasteiger partial charge in [0.1, 0.15) is 5.02 Å². The predicted octanol–water partition coefficient (Wildman–Crippen LogP) is 2.78. The average molecular weight is 315 g/mol. The number of amides is 1. The fraction of sp³-hybridized carbons (Fsp3) is 0.500. The molecule has 1 amide bonds. The van der Waals surface area contributed by atoms with E-state index < -0.39 is 10.8 Å². The predicted molar refractivity (Wildman–Crippen MR) is 80.5 cm³/mol. The molecule has 0 radical (unpaired) electrons. The molecule has 7 heteroatoms. The molecule has 0 aliphatic heterocycles. The van der Waals surface area contributed by atoms with E-state index in [2.05, 4.69) is 5.32 Å². The zero-order chi connectivity index (χ0) is 16.0. The number of nitrogens with zero attached hydrogens (tertiary/aromatic N) is 1. The Hall–Kier alpha value is -1.66. The first-order valence-corrected chi connectivity index (χ1v) is 7.10. The van der Waals surface area contributed by atoms with Gasteiger partial charge in [-0.1, -0.05) is 25.4 Å². The number of aliphatic hydroxyl groups excluding tert-OH is 1. The molecule has 0 aromatic heterocycles. The van der Waals surface area contributed by atoms with E-state index in [-0.39, 0.29) is 28.3 Å². The van der Waals surface area contributed by atoms with Gasteiger partial charge in [0.25, 0.3) is 11.6 Å². The van der Waals surface area contributed by atoms with Gasteiger partial charge in [-0.05, 0) is 25.0 Å². The maximum absolute atomic E-state index is 12.1. The standard InChI is InChI=1S/C14H19ClN2O4/c1-3-14(4-2,9-18)8-16-13(19)10-5-6-11(15)12(7-10)17(20)21/h5-7,18H,3-4,8-9H2,1-2H3,(H,16,19). The third-order valence-electron chi connectivity index (χ3n) is 3.86. The van der Waals surface area contributed by atoms with Crippen molar-refractivity contribution in [2.24, 2.45) is 5.41 Å². The zero-order valence-electron chi connectivity index (χ0n) is 12.1. The smallest absolute Gasteiger partial charge is 0.288 e. The lowest BCUT2D eigenvalue weighted by atomic mass is 9.83. The highest BCUT2D eigenvalue weighted by Crippen LogP contribution is 2.26. The molecule has 1 rings (SSSR count). The molecule has 0 unspecified atom stereocenters. The van der Waals surface area contributed by atoms with Gasteiger partial charge >= 0.3 is 0 Å². The number of nitro groups is 1. The van der Waals surface area contributed by atoms with Gasteiger partial charge in [-0.3, -0.25) is 14.9 Å². The van der Waals surface area contributed by atoms with Crippen molar-refractivity contribution in [3.05, 3.63) is 38.9 Å². The van der Waals surface area contributed by atoms with Crippen LogP contribution in [0.25, 0.3) is 0 Å². The first-order chi connectivity index (χ1) is 9.89. The Bertz CT molecular complexity index is 521. The minimum Gasteiger partial charge on any atom is -0.396 e. The normalized spacial score (nSPS) is 11.2. The van der Waals surface area contributed by atoms with Crippen molar-refractivity contribution < 1.29 is 14.8 Å². The minimum atomic E-state index is -0.630. The van der Waals surface area contributed by atoms with E-state index in [1.165, 1.54) is 12.1 Å². The second kappa shape index (κ2) is 7.38. The van der Waals surface area contributed by atoms with Gasteiger partial charge in [-0.15, -0.1) is 0 Å². The number of nitrogens with one attached hydrogen (secondary N) is 1. The molecule has 0 spiro atoms. The van der Waals surface area contributed by atoms with Crippen LogP contribution in [0.3, 0.4) is 0 Å². The largest absolute Gasteiger partial charge is 0.396 e. The van der Waals surface area contributed by atoms with Gasteiger partial charge < -0.3 is 10.4 Å². The van der Waals surface area contributed by atoms with E-state index in [1.807, 2.05) is 13.8 Å². The van der Waals surface area contributed by atoms with E-state index in [1.54, 1.807) is 0 Å². The monoisotopic (exact) mass is 314 g/mol. The number of halogens is 1. The number of rotatable bonds is 7. The number of carbonyl (C=O) groups excluding carboxylic acids is 1. The Morgan fingerprint density at radius 3 is 2.52 bits per heavy atom. The number of hydrogen-bond donors (Lipinski definition) is 2. The SMILES string of the molecule is CCC(CC)(CO)CNC(=O)c1ccc(Cl)c([N+](=O)[O-])c1. The minimum absolute atomic E-state index is 0.0108. The van der Waals surface area contributed by atoms with E-state index >= 15 is 0 Å². The third-order valence-corrected chi connectivity index (χ3v) is 4.18. The van der Waals surface area contributed by atoms with Crippen molar-refractivity contribution in [1.29, 1.82) is 0 Å². The molecule has 0 heterocycles. The number of nitro benzene ring substituents is 1. The summed E-state index contributed by atoms with van der Waals surface area (Å²) in [6.45, 7) is 4.17. The highest BCUT2D eigenvalue weighted by molar-refractivity contribution is 6.32. The Morgan fingerprint density at radius 1 is 1.43 bits per heavy atom. The van der Waals surface area contributed by atoms with Crippen LogP contribution in [0.4, 0.5) is 5.69 Å². The highest BCUT2D eigenvalue weighted by atomic mass is 35.5. The van der Waals surface area contributed by atoms with Crippen molar-refractivity contribution in [2.75, 3.05) is 13.2 Å². The Labute approximate surface area is 128 Å². The van der Waals surface area contributed by atoms with Gasteiger partial charge in [0.05, 0.1) is 11.5 Å². The lowest BCUT2D eigenvalue weighted by Crippen LogP contribution is -2.39. The van der Waals surface area contributed by atoms with Crippen molar-refractivity contribution in [3.8, 4) is 0 Å². The van der Waals surface area contributed by atoms with Crippen LogP contribution >= 0.6 is 11.6 Å². The second-order valence-electron chi connectivity index (χ2n) is 4.97. The number of benzene rings is 1. The summed E-state index contributed by atoms with van der Waals surface area (Å²) >= 11 is 5.71. The molecule has 0 saturated carbocycles. The molecule has 1 aromatic carbocycles. The third kappa shape index (κ3) is 4.15. The molecule has 1 aromatic rings. The first-order valence-electron chi connectivity index (χ1n) is 6.72. The molecule has 0 fully saturated rings. The lowest BCUT2D eigenvalue weighted by molar-refractivity contribution is -0.384. The van der Waals surface area contributed by atoms with E-state index in [4.69, 9.17) is 11.6 Å². The van der Waals surface area contributed by atoms with Crippen molar-refractivity contribution in [1.82, 2.24) is 5.32 Å². The van der Waals surface area contributed by atoms with Gasteiger partial charge in [0.15, 0.2) is 0 Å². The Kier molecular flexibility index (Phi) is 6.11. The maximum atomic E-state index is 12.1. The van der Waals surface area contributed by atoms with E-state index in [0.717, 1.165) is 18.9 Å². The maximum Gasteiger partial charge on any atom is 0.288 e. The zero-order valence-corrected chi connectivity index (χ0v) is 12.8. The van der Waals surface area contributed by atoms with Crippen molar-refractivity contribution in [3.63, 3.8) is 0 Å². The van der Waals surface area contributed by atoms with Gasteiger partial charge in [0.2, 0.25) is 0 Å². The molecule has 0 aliphatic carbocycles. The van der Waals surface area contributed by atoms with Crippen LogP contribution in [0.5, 0.6) is 0 Å². The van der Waals surface area contributed by atoms with Crippen molar-refractivity contribution >= 4 is 23.2 Å².